The molecule has 1 N–H and O–H groups in total. The average Bonchev–Trinajstić information content (AvgIpc) is 2.65. The van der Waals surface area contributed by atoms with Gasteiger partial charge in [-0.2, -0.15) is 0 Å². The molecule has 1 amide bonds. The summed E-state index contributed by atoms with van der Waals surface area (Å²) in [5.74, 6) is -0.834. The van der Waals surface area contributed by atoms with Gasteiger partial charge in [0, 0.05) is 6.04 Å². The van der Waals surface area contributed by atoms with Crippen molar-refractivity contribution < 1.29 is 23.2 Å². The minimum absolute atomic E-state index is 0.00104. The maximum Gasteiger partial charge on any atom is 0.494 e. The molecule has 2 rings (SSSR count). The third-order valence-electron chi connectivity index (χ3n) is 4.29. The van der Waals surface area contributed by atoms with Gasteiger partial charge in [-0.3, -0.25) is 4.79 Å². The highest BCUT2D eigenvalue weighted by Crippen LogP contribution is 2.36. The van der Waals surface area contributed by atoms with Gasteiger partial charge in [0.15, 0.2) is 18.2 Å². The van der Waals surface area contributed by atoms with Gasteiger partial charge in [-0.05, 0) is 59.1 Å². The normalized spacial score (nSPS) is 18.8. The van der Waals surface area contributed by atoms with E-state index in [0.717, 1.165) is 0 Å². The Morgan fingerprint density at radius 1 is 1.25 bits per heavy atom. The number of ether oxygens (including phenoxy) is 1. The van der Waals surface area contributed by atoms with E-state index in [9.17, 15) is 9.18 Å². The maximum absolute atomic E-state index is 13.9. The van der Waals surface area contributed by atoms with Crippen molar-refractivity contribution in [2.24, 2.45) is 0 Å². The minimum Gasteiger partial charge on any atom is -0.481 e. The number of amides is 1. The standard InChI is InChI=1S/C17H25BFNO4/c1-11(2)20-15(21)10-22-14-9-12(7-8-13(14)19)18-23-16(3,4)17(5,6)24-18/h7-9,11H,10H2,1-6H3,(H,20,21). The average molecular weight is 337 g/mol. The molecule has 0 unspecified atom stereocenters. The number of halogens is 1. The van der Waals surface area contributed by atoms with Crippen LogP contribution in [0.15, 0.2) is 18.2 Å². The molecule has 1 fully saturated rings. The molecule has 7 heteroatoms. The largest absolute Gasteiger partial charge is 0.494 e. The highest BCUT2D eigenvalue weighted by Gasteiger charge is 2.51. The van der Waals surface area contributed by atoms with Gasteiger partial charge < -0.3 is 19.4 Å². The van der Waals surface area contributed by atoms with Crippen LogP contribution in [0.5, 0.6) is 5.75 Å². The van der Waals surface area contributed by atoms with E-state index in [2.05, 4.69) is 5.32 Å². The van der Waals surface area contributed by atoms with E-state index >= 15 is 0 Å². The maximum atomic E-state index is 13.9. The number of nitrogens with one attached hydrogen (secondary N) is 1. The molecule has 0 spiro atoms. The molecule has 1 aromatic rings. The van der Waals surface area contributed by atoms with Crippen LogP contribution in [-0.2, 0) is 14.1 Å². The lowest BCUT2D eigenvalue weighted by atomic mass is 9.79. The zero-order valence-electron chi connectivity index (χ0n) is 15.1. The first kappa shape index (κ1) is 18.7. The summed E-state index contributed by atoms with van der Waals surface area (Å²) in [6.45, 7) is 11.2. The quantitative estimate of drug-likeness (QED) is 0.836. The van der Waals surface area contributed by atoms with Gasteiger partial charge in [0.25, 0.3) is 5.91 Å². The summed E-state index contributed by atoms with van der Waals surface area (Å²) in [5, 5.41) is 2.69. The Kier molecular flexibility index (Phi) is 5.25. The fraction of sp³-hybridized carbons (Fsp3) is 0.588. The molecule has 0 radical (unpaired) electrons. The zero-order valence-corrected chi connectivity index (χ0v) is 15.1. The van der Waals surface area contributed by atoms with Crippen molar-refractivity contribution in [3.63, 3.8) is 0 Å². The van der Waals surface area contributed by atoms with Gasteiger partial charge in [-0.1, -0.05) is 6.07 Å². The lowest BCUT2D eigenvalue weighted by Gasteiger charge is -2.32. The Bertz CT molecular complexity index is 603. The minimum atomic E-state index is -0.609. The predicted octanol–water partition coefficient (Wildman–Crippen LogP) is 2.03. The molecule has 1 aliphatic heterocycles. The van der Waals surface area contributed by atoms with Crippen molar-refractivity contribution in [3.05, 3.63) is 24.0 Å². The first-order valence-electron chi connectivity index (χ1n) is 8.09. The summed E-state index contributed by atoms with van der Waals surface area (Å²) in [7, 11) is -0.609. The van der Waals surface area contributed by atoms with Crippen LogP contribution in [0.4, 0.5) is 4.39 Å². The number of benzene rings is 1. The first-order valence-corrected chi connectivity index (χ1v) is 8.09. The smallest absolute Gasteiger partial charge is 0.481 e. The summed E-state index contributed by atoms with van der Waals surface area (Å²) < 4.78 is 31.1. The van der Waals surface area contributed by atoms with Gasteiger partial charge in [0.05, 0.1) is 11.2 Å². The number of hydrogen-bond acceptors (Lipinski definition) is 4. The molecular weight excluding hydrogens is 312 g/mol. The SMILES string of the molecule is CC(C)NC(=O)COc1cc(B2OC(C)(C)C(C)(C)O2)ccc1F. The van der Waals surface area contributed by atoms with Gasteiger partial charge in [0.1, 0.15) is 0 Å². The van der Waals surface area contributed by atoms with Crippen LogP contribution < -0.4 is 15.5 Å². The van der Waals surface area contributed by atoms with Gasteiger partial charge >= 0.3 is 7.12 Å². The van der Waals surface area contributed by atoms with E-state index in [1.807, 2.05) is 41.5 Å². The Hall–Kier alpha value is -1.60. The van der Waals surface area contributed by atoms with Crippen molar-refractivity contribution in [3.8, 4) is 5.75 Å². The number of carbonyl (C=O) groups excluding carboxylic acids is 1. The molecule has 1 heterocycles. The third kappa shape index (κ3) is 4.08. The molecule has 5 nitrogen and oxygen atoms in total. The first-order chi connectivity index (χ1) is 11.0. The molecule has 0 aromatic heterocycles. The molecule has 0 aliphatic carbocycles. The summed E-state index contributed by atoms with van der Waals surface area (Å²) in [6.07, 6.45) is 0. The Labute approximate surface area is 143 Å². The van der Waals surface area contributed by atoms with Crippen LogP contribution in [0.3, 0.4) is 0 Å². The molecule has 132 valence electrons. The molecule has 24 heavy (non-hydrogen) atoms. The Morgan fingerprint density at radius 3 is 2.38 bits per heavy atom. The summed E-state index contributed by atoms with van der Waals surface area (Å²) >= 11 is 0. The van der Waals surface area contributed by atoms with Crippen LogP contribution in [0.1, 0.15) is 41.5 Å². The van der Waals surface area contributed by atoms with Crippen molar-refractivity contribution in [2.45, 2.75) is 58.8 Å². The highest BCUT2D eigenvalue weighted by atomic mass is 19.1. The third-order valence-corrected chi connectivity index (χ3v) is 4.29. The van der Waals surface area contributed by atoms with Crippen molar-refractivity contribution in [1.82, 2.24) is 5.32 Å². The van der Waals surface area contributed by atoms with E-state index in [4.69, 9.17) is 14.0 Å². The number of carbonyl (C=O) groups is 1. The fourth-order valence-electron chi connectivity index (χ4n) is 2.26. The van der Waals surface area contributed by atoms with E-state index in [1.165, 1.54) is 12.1 Å². The van der Waals surface area contributed by atoms with Gasteiger partial charge in [-0.15, -0.1) is 0 Å². The van der Waals surface area contributed by atoms with Crippen molar-refractivity contribution in [1.29, 1.82) is 0 Å². The Morgan fingerprint density at radius 2 is 1.83 bits per heavy atom. The Balaban J connectivity index is 2.11. The van der Waals surface area contributed by atoms with Crippen LogP contribution in [0.25, 0.3) is 0 Å². The molecular formula is C17H25BFNO4. The van der Waals surface area contributed by atoms with Crippen molar-refractivity contribution in [2.75, 3.05) is 6.61 Å². The summed E-state index contributed by atoms with van der Waals surface area (Å²) in [4.78, 5) is 11.6. The van der Waals surface area contributed by atoms with Crippen LogP contribution >= 0.6 is 0 Å². The van der Waals surface area contributed by atoms with E-state index in [1.54, 1.807) is 6.07 Å². The lowest BCUT2D eigenvalue weighted by Crippen LogP contribution is -2.41. The molecule has 0 atom stereocenters. The lowest BCUT2D eigenvalue weighted by molar-refractivity contribution is -0.123. The van der Waals surface area contributed by atoms with Crippen molar-refractivity contribution >= 4 is 18.5 Å². The second-order valence-electron chi connectivity index (χ2n) is 7.29. The monoisotopic (exact) mass is 337 g/mol. The zero-order chi connectivity index (χ0) is 18.1. The number of rotatable bonds is 5. The predicted molar refractivity (Wildman–Crippen MR) is 90.9 cm³/mol. The van der Waals surface area contributed by atoms with Crippen LogP contribution in [-0.4, -0.2) is 36.9 Å². The molecule has 0 bridgehead atoms. The molecule has 1 saturated heterocycles. The second kappa shape index (κ2) is 6.72. The highest BCUT2D eigenvalue weighted by molar-refractivity contribution is 6.62. The van der Waals surface area contributed by atoms with E-state index < -0.39 is 24.1 Å². The summed E-state index contributed by atoms with van der Waals surface area (Å²) in [5.41, 5.74) is -0.316. The van der Waals surface area contributed by atoms with Crippen LogP contribution in [0, 0.1) is 5.82 Å². The molecule has 1 aliphatic rings. The van der Waals surface area contributed by atoms with Gasteiger partial charge in [0.2, 0.25) is 0 Å². The van der Waals surface area contributed by atoms with E-state index in [0.29, 0.717) is 5.46 Å². The van der Waals surface area contributed by atoms with Gasteiger partial charge in [-0.25, -0.2) is 4.39 Å². The fourth-order valence-corrected chi connectivity index (χ4v) is 2.26. The summed E-state index contributed by atoms with van der Waals surface area (Å²) in [6, 6.07) is 4.40. The van der Waals surface area contributed by atoms with Crippen LogP contribution in [0.2, 0.25) is 0 Å². The van der Waals surface area contributed by atoms with E-state index in [-0.39, 0.29) is 24.3 Å². The molecule has 1 aromatic carbocycles. The topological polar surface area (TPSA) is 56.8 Å². The number of hydrogen-bond donors (Lipinski definition) is 1. The second-order valence-corrected chi connectivity index (χ2v) is 7.29. The molecule has 0 saturated carbocycles.